The SMILES string of the molecule is CCOC(=O)C1=C(C)NC(=S)N[C@H]1c1ccccc1OCC(=O)NN=Cc1ccc(OCC(=O)O)c(Br)c1. The fourth-order valence-corrected chi connectivity index (χ4v) is 4.25. The minimum atomic E-state index is -1.09. The van der Waals surface area contributed by atoms with Crippen molar-refractivity contribution in [3.8, 4) is 11.5 Å². The summed E-state index contributed by atoms with van der Waals surface area (Å²) in [5, 5.41) is 19.0. The molecule has 0 radical (unpaired) electrons. The molecule has 0 spiro atoms. The normalized spacial score (nSPS) is 14.9. The quantitative estimate of drug-likeness (QED) is 0.131. The number of amides is 1. The van der Waals surface area contributed by atoms with Crippen molar-refractivity contribution in [2.45, 2.75) is 19.9 Å². The Kier molecular flexibility index (Phi) is 10.2. The number of nitrogens with zero attached hydrogens (tertiary/aromatic N) is 1. The maximum absolute atomic E-state index is 12.7. The lowest BCUT2D eigenvalue weighted by Gasteiger charge is -2.30. The maximum atomic E-state index is 12.7. The number of carbonyl (C=O) groups excluding carboxylic acids is 2. The molecule has 1 amide bonds. The van der Waals surface area contributed by atoms with Gasteiger partial charge in [-0.2, -0.15) is 5.10 Å². The fourth-order valence-electron chi connectivity index (χ4n) is 3.47. The Balaban J connectivity index is 1.65. The molecule has 0 saturated heterocycles. The third-order valence-corrected chi connectivity index (χ3v) is 5.90. The summed E-state index contributed by atoms with van der Waals surface area (Å²) in [6.07, 6.45) is 1.41. The molecular weight excluding hydrogens is 580 g/mol. The molecule has 0 unspecified atom stereocenters. The summed E-state index contributed by atoms with van der Waals surface area (Å²) in [6.45, 7) is 2.86. The van der Waals surface area contributed by atoms with Crippen molar-refractivity contribution in [2.75, 3.05) is 19.8 Å². The minimum Gasteiger partial charge on any atom is -0.483 e. The topological polar surface area (TPSA) is 148 Å². The first-order valence-electron chi connectivity index (χ1n) is 11.3. The highest BCUT2D eigenvalue weighted by atomic mass is 79.9. The number of allylic oxidation sites excluding steroid dienone is 1. The van der Waals surface area contributed by atoms with Crippen LogP contribution in [0.25, 0.3) is 0 Å². The van der Waals surface area contributed by atoms with Crippen molar-refractivity contribution in [3.63, 3.8) is 0 Å². The average Bonchev–Trinajstić information content (AvgIpc) is 2.86. The van der Waals surface area contributed by atoms with Gasteiger partial charge >= 0.3 is 11.9 Å². The predicted molar refractivity (Wildman–Crippen MR) is 146 cm³/mol. The van der Waals surface area contributed by atoms with Crippen LogP contribution in [0, 0.1) is 0 Å². The first kappa shape index (κ1) is 28.6. The van der Waals surface area contributed by atoms with Crippen LogP contribution in [0.15, 0.2) is 63.3 Å². The zero-order chi connectivity index (χ0) is 27.7. The van der Waals surface area contributed by atoms with E-state index in [0.29, 0.717) is 43.5 Å². The summed E-state index contributed by atoms with van der Waals surface area (Å²) >= 11 is 8.58. The number of benzene rings is 2. The number of para-hydroxylation sites is 1. The highest BCUT2D eigenvalue weighted by Gasteiger charge is 2.32. The molecule has 0 aliphatic carbocycles. The van der Waals surface area contributed by atoms with Gasteiger partial charge in [-0.15, -0.1) is 0 Å². The van der Waals surface area contributed by atoms with E-state index in [4.69, 9.17) is 31.5 Å². The van der Waals surface area contributed by atoms with E-state index in [1.54, 1.807) is 56.3 Å². The number of carboxylic acids is 1. The van der Waals surface area contributed by atoms with Crippen LogP contribution in [-0.4, -0.2) is 54.1 Å². The number of hydrogen-bond acceptors (Lipinski definition) is 8. The third kappa shape index (κ3) is 7.76. The molecule has 11 nitrogen and oxygen atoms in total. The van der Waals surface area contributed by atoms with Gasteiger partial charge in [-0.1, -0.05) is 18.2 Å². The van der Waals surface area contributed by atoms with E-state index in [1.165, 1.54) is 6.21 Å². The van der Waals surface area contributed by atoms with E-state index in [2.05, 4.69) is 37.1 Å². The Morgan fingerprint density at radius 1 is 1.16 bits per heavy atom. The highest BCUT2D eigenvalue weighted by molar-refractivity contribution is 9.10. The molecule has 2 aromatic carbocycles. The van der Waals surface area contributed by atoms with Crippen LogP contribution in [-0.2, 0) is 19.1 Å². The van der Waals surface area contributed by atoms with Crippen molar-refractivity contribution >= 4 is 57.3 Å². The van der Waals surface area contributed by atoms with Gasteiger partial charge in [-0.3, -0.25) is 4.79 Å². The van der Waals surface area contributed by atoms with E-state index in [-0.39, 0.29) is 13.2 Å². The highest BCUT2D eigenvalue weighted by Crippen LogP contribution is 2.33. The summed E-state index contributed by atoms with van der Waals surface area (Å²) in [4.78, 5) is 35.7. The molecule has 4 N–H and O–H groups in total. The predicted octanol–water partition coefficient (Wildman–Crippen LogP) is 2.80. The second-order valence-electron chi connectivity index (χ2n) is 7.78. The summed E-state index contributed by atoms with van der Waals surface area (Å²) in [5.74, 6) is -1.35. The molecule has 0 fully saturated rings. The van der Waals surface area contributed by atoms with E-state index in [1.807, 2.05) is 0 Å². The second-order valence-corrected chi connectivity index (χ2v) is 9.05. The van der Waals surface area contributed by atoms with Gasteiger partial charge in [0.2, 0.25) is 0 Å². The van der Waals surface area contributed by atoms with Crippen LogP contribution in [0.4, 0.5) is 0 Å². The first-order valence-corrected chi connectivity index (χ1v) is 12.5. The van der Waals surface area contributed by atoms with Crippen LogP contribution in [0.2, 0.25) is 0 Å². The fraction of sp³-hybridized carbons (Fsp3) is 0.240. The Hall–Kier alpha value is -3.97. The molecule has 13 heteroatoms. The number of rotatable bonds is 11. The van der Waals surface area contributed by atoms with Crippen molar-refractivity contribution in [1.29, 1.82) is 0 Å². The lowest BCUT2D eigenvalue weighted by Crippen LogP contribution is -2.45. The molecule has 0 saturated carbocycles. The molecule has 3 rings (SSSR count). The molecule has 1 heterocycles. The summed E-state index contributed by atoms with van der Waals surface area (Å²) in [7, 11) is 0. The monoisotopic (exact) mass is 604 g/mol. The van der Waals surface area contributed by atoms with Gasteiger partial charge in [0.1, 0.15) is 11.5 Å². The van der Waals surface area contributed by atoms with Gasteiger partial charge in [0, 0.05) is 11.3 Å². The van der Waals surface area contributed by atoms with Crippen molar-refractivity contribution in [2.24, 2.45) is 5.10 Å². The van der Waals surface area contributed by atoms with Crippen LogP contribution in [0.3, 0.4) is 0 Å². The van der Waals surface area contributed by atoms with Gasteiger partial charge in [0.15, 0.2) is 18.3 Å². The maximum Gasteiger partial charge on any atom is 0.341 e. The lowest BCUT2D eigenvalue weighted by atomic mass is 9.95. The number of halogens is 1. The number of aliphatic carboxylic acids is 1. The number of hydrazone groups is 1. The molecule has 1 aliphatic heterocycles. The van der Waals surface area contributed by atoms with Gasteiger partial charge in [-0.05, 0) is 71.8 Å². The number of nitrogens with one attached hydrogen (secondary N) is 3. The molecule has 1 aliphatic rings. The van der Waals surface area contributed by atoms with E-state index >= 15 is 0 Å². The Morgan fingerprint density at radius 2 is 1.89 bits per heavy atom. The molecule has 0 bridgehead atoms. The largest absolute Gasteiger partial charge is 0.483 e. The Morgan fingerprint density at radius 3 is 2.61 bits per heavy atom. The first-order chi connectivity index (χ1) is 18.2. The van der Waals surface area contributed by atoms with Gasteiger partial charge in [0.05, 0.1) is 28.9 Å². The number of hydrogen-bond donors (Lipinski definition) is 4. The molecule has 1 atom stereocenters. The second kappa shape index (κ2) is 13.5. The van der Waals surface area contributed by atoms with E-state index in [9.17, 15) is 14.4 Å². The summed E-state index contributed by atoms with van der Waals surface area (Å²) in [5.41, 5.74) is 4.54. The summed E-state index contributed by atoms with van der Waals surface area (Å²) in [6, 6.07) is 11.2. The number of thiocarbonyl (C=S) groups is 1. The number of carbonyl (C=O) groups is 3. The Bertz CT molecular complexity index is 1300. The third-order valence-electron chi connectivity index (χ3n) is 5.06. The van der Waals surface area contributed by atoms with Crippen LogP contribution >= 0.6 is 28.1 Å². The molecule has 200 valence electrons. The van der Waals surface area contributed by atoms with Gasteiger partial charge in [-0.25, -0.2) is 15.0 Å². The molecule has 0 aromatic heterocycles. The van der Waals surface area contributed by atoms with Crippen molar-refractivity contribution < 1.29 is 33.7 Å². The van der Waals surface area contributed by atoms with Crippen LogP contribution in [0.1, 0.15) is 31.0 Å². The standard InChI is InChI=1S/C25H25BrN4O7S/c1-3-35-24(34)22-14(2)28-25(38)29-23(22)16-6-4-5-7-18(16)36-12-20(31)30-27-11-15-8-9-19(17(26)10-15)37-13-21(32)33/h4-11,23H,3,12-13H2,1-2H3,(H,30,31)(H,32,33)(H2,28,29,38)/t23-/m0/s1. The number of ether oxygens (including phenoxy) is 3. The number of esters is 1. The minimum absolute atomic E-state index is 0.214. The van der Waals surface area contributed by atoms with Crippen molar-refractivity contribution in [3.05, 3.63) is 69.3 Å². The smallest absolute Gasteiger partial charge is 0.341 e. The molecule has 38 heavy (non-hydrogen) atoms. The Labute approximate surface area is 232 Å². The lowest BCUT2D eigenvalue weighted by molar-refractivity contribution is -0.140. The van der Waals surface area contributed by atoms with E-state index in [0.717, 1.165) is 0 Å². The van der Waals surface area contributed by atoms with Gasteiger partial charge in [0.25, 0.3) is 5.91 Å². The van der Waals surface area contributed by atoms with Crippen LogP contribution in [0.5, 0.6) is 11.5 Å². The van der Waals surface area contributed by atoms with Gasteiger partial charge < -0.3 is 30.0 Å². The zero-order valence-electron chi connectivity index (χ0n) is 20.4. The zero-order valence-corrected chi connectivity index (χ0v) is 22.9. The van der Waals surface area contributed by atoms with Crippen LogP contribution < -0.4 is 25.5 Å². The average molecular weight is 605 g/mol. The van der Waals surface area contributed by atoms with E-state index < -0.39 is 30.5 Å². The molecule has 2 aromatic rings. The molecular formula is C25H25BrN4O7S. The van der Waals surface area contributed by atoms with Crippen molar-refractivity contribution in [1.82, 2.24) is 16.1 Å². The summed E-state index contributed by atoms with van der Waals surface area (Å²) < 4.78 is 16.7. The number of carboxylic acid groups (broad SMARTS) is 1.